The number of nitrogens with one attached hydrogen (secondary N) is 2. The highest BCUT2D eigenvalue weighted by molar-refractivity contribution is 5.77. The molecule has 19 heavy (non-hydrogen) atoms. The summed E-state index contributed by atoms with van der Waals surface area (Å²) in [6.45, 7) is 7.33. The molecule has 1 heterocycles. The summed E-state index contributed by atoms with van der Waals surface area (Å²) in [5.74, 6) is 0.856. The standard InChI is InChI=1S/C15H21N3O/c1-4-19-13-9-12(15(13,2)3)18-14-16-10-7-5-6-8-11(10)17-14/h5-8,12-13H,4,9H2,1-3H3,(H2,16,17,18). The van der Waals surface area contributed by atoms with Crippen LogP contribution < -0.4 is 5.32 Å². The van der Waals surface area contributed by atoms with Crippen molar-refractivity contribution >= 4 is 17.0 Å². The van der Waals surface area contributed by atoms with Gasteiger partial charge < -0.3 is 15.0 Å². The zero-order valence-electron chi connectivity index (χ0n) is 11.7. The summed E-state index contributed by atoms with van der Waals surface area (Å²) in [4.78, 5) is 7.88. The molecular weight excluding hydrogens is 238 g/mol. The van der Waals surface area contributed by atoms with Gasteiger partial charge in [0.1, 0.15) is 0 Å². The molecule has 2 unspecified atom stereocenters. The Labute approximate surface area is 113 Å². The molecule has 2 N–H and O–H groups in total. The Bertz CT molecular complexity index is 543. The molecule has 3 rings (SSSR count). The van der Waals surface area contributed by atoms with Gasteiger partial charge in [0.2, 0.25) is 5.95 Å². The van der Waals surface area contributed by atoms with Gasteiger partial charge in [0, 0.05) is 18.1 Å². The van der Waals surface area contributed by atoms with Crippen molar-refractivity contribution in [3.63, 3.8) is 0 Å². The number of nitrogens with zero attached hydrogens (tertiary/aromatic N) is 1. The lowest BCUT2D eigenvalue weighted by molar-refractivity contribution is -0.0977. The molecule has 0 radical (unpaired) electrons. The molecule has 2 aromatic rings. The maximum atomic E-state index is 5.75. The molecular formula is C15H21N3O. The number of aromatic amines is 1. The van der Waals surface area contributed by atoms with Crippen LogP contribution in [0.5, 0.6) is 0 Å². The van der Waals surface area contributed by atoms with E-state index >= 15 is 0 Å². The number of H-pyrrole nitrogens is 1. The van der Waals surface area contributed by atoms with E-state index in [1.807, 2.05) is 24.3 Å². The summed E-state index contributed by atoms with van der Waals surface area (Å²) >= 11 is 0. The number of fused-ring (bicyclic) bond motifs is 1. The number of benzene rings is 1. The Morgan fingerprint density at radius 3 is 2.89 bits per heavy atom. The smallest absolute Gasteiger partial charge is 0.201 e. The van der Waals surface area contributed by atoms with Crippen LogP contribution in [-0.4, -0.2) is 28.7 Å². The average molecular weight is 259 g/mol. The van der Waals surface area contributed by atoms with Crippen LogP contribution in [0.25, 0.3) is 11.0 Å². The fourth-order valence-electron chi connectivity index (χ4n) is 2.80. The zero-order chi connectivity index (χ0) is 13.5. The molecule has 0 amide bonds. The van der Waals surface area contributed by atoms with Gasteiger partial charge in [0.25, 0.3) is 0 Å². The summed E-state index contributed by atoms with van der Waals surface area (Å²) in [5.41, 5.74) is 2.22. The first kappa shape index (κ1) is 12.5. The quantitative estimate of drug-likeness (QED) is 0.886. The van der Waals surface area contributed by atoms with E-state index in [0.717, 1.165) is 30.0 Å². The number of para-hydroxylation sites is 2. The van der Waals surface area contributed by atoms with Crippen LogP contribution in [0.3, 0.4) is 0 Å². The molecule has 1 aliphatic rings. The molecule has 0 saturated heterocycles. The Hall–Kier alpha value is -1.55. The number of hydrogen-bond acceptors (Lipinski definition) is 3. The monoisotopic (exact) mass is 259 g/mol. The Balaban J connectivity index is 1.72. The fraction of sp³-hybridized carbons (Fsp3) is 0.533. The van der Waals surface area contributed by atoms with Crippen LogP contribution in [0.15, 0.2) is 24.3 Å². The Morgan fingerprint density at radius 1 is 1.42 bits per heavy atom. The molecule has 2 atom stereocenters. The van der Waals surface area contributed by atoms with Crippen molar-refractivity contribution in [3.8, 4) is 0 Å². The molecule has 4 nitrogen and oxygen atoms in total. The van der Waals surface area contributed by atoms with E-state index < -0.39 is 0 Å². The molecule has 0 aliphatic heterocycles. The predicted molar refractivity (Wildman–Crippen MR) is 77.3 cm³/mol. The minimum Gasteiger partial charge on any atom is -0.378 e. The lowest BCUT2D eigenvalue weighted by Crippen LogP contribution is -2.58. The van der Waals surface area contributed by atoms with Crippen LogP contribution in [0.4, 0.5) is 5.95 Å². The highest BCUT2D eigenvalue weighted by atomic mass is 16.5. The van der Waals surface area contributed by atoms with E-state index in [1.54, 1.807) is 0 Å². The largest absolute Gasteiger partial charge is 0.378 e. The number of aromatic nitrogens is 2. The molecule has 4 heteroatoms. The van der Waals surface area contributed by atoms with Crippen LogP contribution in [0.1, 0.15) is 27.2 Å². The second kappa shape index (κ2) is 4.53. The van der Waals surface area contributed by atoms with Crippen molar-refractivity contribution in [1.82, 2.24) is 9.97 Å². The SMILES string of the molecule is CCOC1CC(Nc2nc3ccccc3[nH]2)C1(C)C. The third-order valence-corrected chi connectivity index (χ3v) is 4.25. The third kappa shape index (κ3) is 2.10. The second-order valence-corrected chi connectivity index (χ2v) is 5.80. The second-order valence-electron chi connectivity index (χ2n) is 5.80. The van der Waals surface area contributed by atoms with Crippen LogP contribution in [0.2, 0.25) is 0 Å². The first-order valence-corrected chi connectivity index (χ1v) is 6.94. The Morgan fingerprint density at radius 2 is 2.21 bits per heavy atom. The molecule has 1 fully saturated rings. The maximum Gasteiger partial charge on any atom is 0.201 e. The normalized spacial score (nSPS) is 25.2. The highest BCUT2D eigenvalue weighted by Gasteiger charge is 2.49. The van der Waals surface area contributed by atoms with Crippen molar-refractivity contribution in [2.24, 2.45) is 5.41 Å². The van der Waals surface area contributed by atoms with Gasteiger partial charge in [-0.1, -0.05) is 26.0 Å². The van der Waals surface area contributed by atoms with Gasteiger partial charge in [-0.2, -0.15) is 0 Å². The number of imidazole rings is 1. The van der Waals surface area contributed by atoms with Gasteiger partial charge in [-0.15, -0.1) is 0 Å². The summed E-state index contributed by atoms with van der Waals surface area (Å²) < 4.78 is 5.75. The third-order valence-electron chi connectivity index (χ3n) is 4.25. The maximum absolute atomic E-state index is 5.75. The van der Waals surface area contributed by atoms with Crippen LogP contribution in [0, 0.1) is 5.41 Å². The van der Waals surface area contributed by atoms with E-state index in [4.69, 9.17) is 4.74 Å². The molecule has 1 aromatic carbocycles. The predicted octanol–water partition coefficient (Wildman–Crippen LogP) is 3.18. The van der Waals surface area contributed by atoms with E-state index in [-0.39, 0.29) is 5.41 Å². The Kier molecular flexibility index (Phi) is 2.97. The van der Waals surface area contributed by atoms with Crippen LogP contribution >= 0.6 is 0 Å². The summed E-state index contributed by atoms with van der Waals surface area (Å²) in [7, 11) is 0. The molecule has 1 aliphatic carbocycles. The summed E-state index contributed by atoms with van der Waals surface area (Å²) in [6, 6.07) is 8.49. The van der Waals surface area contributed by atoms with Crippen molar-refractivity contribution in [2.45, 2.75) is 39.3 Å². The van der Waals surface area contributed by atoms with E-state index in [2.05, 4.69) is 36.1 Å². The minimum atomic E-state index is 0.148. The van der Waals surface area contributed by atoms with E-state index in [9.17, 15) is 0 Å². The highest BCUT2D eigenvalue weighted by Crippen LogP contribution is 2.44. The zero-order valence-corrected chi connectivity index (χ0v) is 11.7. The molecule has 102 valence electrons. The van der Waals surface area contributed by atoms with Gasteiger partial charge in [0.05, 0.1) is 17.1 Å². The first-order chi connectivity index (χ1) is 9.11. The van der Waals surface area contributed by atoms with E-state index in [0.29, 0.717) is 12.1 Å². The number of rotatable bonds is 4. The van der Waals surface area contributed by atoms with Crippen molar-refractivity contribution < 1.29 is 4.74 Å². The molecule has 1 aromatic heterocycles. The number of ether oxygens (including phenoxy) is 1. The van der Waals surface area contributed by atoms with Gasteiger partial charge in [0.15, 0.2) is 0 Å². The summed E-state index contributed by atoms with van der Waals surface area (Å²) in [6.07, 6.45) is 1.39. The van der Waals surface area contributed by atoms with Crippen molar-refractivity contribution in [1.29, 1.82) is 0 Å². The molecule has 1 saturated carbocycles. The van der Waals surface area contributed by atoms with Crippen LogP contribution in [-0.2, 0) is 4.74 Å². The molecule has 0 bridgehead atoms. The van der Waals surface area contributed by atoms with Crippen molar-refractivity contribution in [3.05, 3.63) is 24.3 Å². The first-order valence-electron chi connectivity index (χ1n) is 6.94. The van der Waals surface area contributed by atoms with Gasteiger partial charge >= 0.3 is 0 Å². The summed E-state index contributed by atoms with van der Waals surface area (Å²) in [5, 5.41) is 3.50. The van der Waals surface area contributed by atoms with Crippen molar-refractivity contribution in [2.75, 3.05) is 11.9 Å². The lowest BCUT2D eigenvalue weighted by Gasteiger charge is -2.51. The van der Waals surface area contributed by atoms with Gasteiger partial charge in [-0.05, 0) is 25.5 Å². The fourth-order valence-corrected chi connectivity index (χ4v) is 2.80. The minimum absolute atomic E-state index is 0.148. The number of hydrogen-bond donors (Lipinski definition) is 2. The van der Waals surface area contributed by atoms with E-state index in [1.165, 1.54) is 0 Å². The van der Waals surface area contributed by atoms with Gasteiger partial charge in [-0.25, -0.2) is 4.98 Å². The molecule has 0 spiro atoms. The topological polar surface area (TPSA) is 49.9 Å². The lowest BCUT2D eigenvalue weighted by atomic mass is 9.64. The number of anilines is 1. The average Bonchev–Trinajstić information content (AvgIpc) is 2.80. The van der Waals surface area contributed by atoms with Gasteiger partial charge in [-0.3, -0.25) is 0 Å².